The number of nitrogens with one attached hydrogen (secondary N) is 2. The fourth-order valence-electron chi connectivity index (χ4n) is 2.31. The predicted molar refractivity (Wildman–Crippen MR) is 102 cm³/mol. The number of rotatable bonds is 8. The molecule has 138 valence electrons. The molecular weight excluding hydrogens is 332 g/mol. The molecule has 2 amide bonds. The second kappa shape index (κ2) is 9.46. The van der Waals surface area contributed by atoms with Crippen LogP contribution in [0.25, 0.3) is 0 Å². The Balaban J connectivity index is 2.05. The smallest absolute Gasteiger partial charge is 0.255 e. The molecule has 6 heteroatoms. The van der Waals surface area contributed by atoms with E-state index >= 15 is 0 Å². The molecular formula is C20H24N2O4. The molecule has 0 aromatic heterocycles. The van der Waals surface area contributed by atoms with E-state index < -0.39 is 0 Å². The van der Waals surface area contributed by atoms with Gasteiger partial charge < -0.3 is 20.1 Å². The van der Waals surface area contributed by atoms with Crippen molar-refractivity contribution in [1.29, 1.82) is 0 Å². The van der Waals surface area contributed by atoms with Crippen LogP contribution in [0, 0.1) is 0 Å². The molecule has 0 fully saturated rings. The molecule has 2 rings (SSSR count). The number of unbranched alkanes of at least 4 members (excludes halogenated alkanes) is 1. The number of carbonyl (C=O) groups excluding carboxylic acids is 2. The first kappa shape index (κ1) is 19.3. The summed E-state index contributed by atoms with van der Waals surface area (Å²) in [6.45, 7) is 4.18. The molecule has 0 heterocycles. The topological polar surface area (TPSA) is 76.7 Å². The molecule has 0 unspecified atom stereocenters. The maximum absolute atomic E-state index is 12.4. The second-order valence-electron chi connectivity index (χ2n) is 5.78. The zero-order chi connectivity index (χ0) is 18.9. The van der Waals surface area contributed by atoms with Crippen LogP contribution in [0.5, 0.6) is 11.5 Å². The summed E-state index contributed by atoms with van der Waals surface area (Å²) in [6, 6.07) is 12.0. The molecule has 0 atom stereocenters. The first-order valence-corrected chi connectivity index (χ1v) is 8.53. The van der Waals surface area contributed by atoms with Crippen molar-refractivity contribution in [3.8, 4) is 11.5 Å². The Morgan fingerprint density at radius 2 is 1.77 bits per heavy atom. The second-order valence-corrected chi connectivity index (χ2v) is 5.78. The van der Waals surface area contributed by atoms with Gasteiger partial charge in [-0.25, -0.2) is 0 Å². The van der Waals surface area contributed by atoms with Gasteiger partial charge in [0.25, 0.3) is 5.91 Å². The summed E-state index contributed by atoms with van der Waals surface area (Å²) in [5, 5.41) is 5.49. The number of hydrogen-bond acceptors (Lipinski definition) is 4. The molecule has 0 saturated heterocycles. The van der Waals surface area contributed by atoms with Crippen molar-refractivity contribution in [2.24, 2.45) is 0 Å². The van der Waals surface area contributed by atoms with E-state index in [-0.39, 0.29) is 11.8 Å². The zero-order valence-corrected chi connectivity index (χ0v) is 15.3. The summed E-state index contributed by atoms with van der Waals surface area (Å²) >= 11 is 0. The average Bonchev–Trinajstić information content (AvgIpc) is 2.62. The van der Waals surface area contributed by atoms with E-state index in [1.54, 1.807) is 42.5 Å². The molecule has 2 aromatic rings. The number of benzene rings is 2. The van der Waals surface area contributed by atoms with Gasteiger partial charge in [-0.05, 0) is 48.9 Å². The average molecular weight is 356 g/mol. The van der Waals surface area contributed by atoms with Crippen LogP contribution >= 0.6 is 0 Å². The van der Waals surface area contributed by atoms with Gasteiger partial charge >= 0.3 is 0 Å². The fourth-order valence-corrected chi connectivity index (χ4v) is 2.31. The summed E-state index contributed by atoms with van der Waals surface area (Å²) in [5.41, 5.74) is 1.57. The van der Waals surface area contributed by atoms with E-state index in [1.165, 1.54) is 14.0 Å². The van der Waals surface area contributed by atoms with E-state index in [0.29, 0.717) is 29.3 Å². The molecule has 0 spiro atoms. The van der Waals surface area contributed by atoms with Crippen LogP contribution in [-0.2, 0) is 4.79 Å². The maximum Gasteiger partial charge on any atom is 0.255 e. The lowest BCUT2D eigenvalue weighted by atomic mass is 10.2. The number of ether oxygens (including phenoxy) is 2. The van der Waals surface area contributed by atoms with Gasteiger partial charge in [-0.1, -0.05) is 13.3 Å². The molecule has 0 radical (unpaired) electrons. The van der Waals surface area contributed by atoms with Crippen LogP contribution in [0.1, 0.15) is 37.0 Å². The van der Waals surface area contributed by atoms with Gasteiger partial charge in [-0.15, -0.1) is 0 Å². The van der Waals surface area contributed by atoms with E-state index in [1.807, 2.05) is 0 Å². The third kappa shape index (κ3) is 5.51. The molecule has 2 aromatic carbocycles. The molecule has 0 saturated carbocycles. The summed E-state index contributed by atoms with van der Waals surface area (Å²) in [6.07, 6.45) is 2.07. The van der Waals surface area contributed by atoms with Crippen molar-refractivity contribution in [1.82, 2.24) is 0 Å². The van der Waals surface area contributed by atoms with E-state index in [9.17, 15) is 9.59 Å². The van der Waals surface area contributed by atoms with Gasteiger partial charge in [0, 0.05) is 18.2 Å². The summed E-state index contributed by atoms with van der Waals surface area (Å²) in [4.78, 5) is 23.7. The third-order valence-corrected chi connectivity index (χ3v) is 3.65. The highest BCUT2D eigenvalue weighted by Gasteiger charge is 2.10. The first-order chi connectivity index (χ1) is 12.5. The standard InChI is InChI=1S/C20H24N2O4/c1-4-5-12-26-17-9-6-15(7-10-17)20(24)22-16-8-11-19(25-3)18(13-16)21-14(2)23/h6-11,13H,4-5,12H2,1-3H3,(H,21,23)(H,22,24). The van der Waals surface area contributed by atoms with Crippen molar-refractivity contribution >= 4 is 23.2 Å². The number of hydrogen-bond donors (Lipinski definition) is 2. The number of carbonyl (C=O) groups is 2. The Morgan fingerprint density at radius 3 is 2.38 bits per heavy atom. The lowest BCUT2D eigenvalue weighted by Crippen LogP contribution is -2.13. The molecule has 0 aliphatic carbocycles. The van der Waals surface area contributed by atoms with Crippen molar-refractivity contribution in [3.05, 3.63) is 48.0 Å². The molecule has 26 heavy (non-hydrogen) atoms. The highest BCUT2D eigenvalue weighted by atomic mass is 16.5. The molecule has 0 aliphatic heterocycles. The molecule has 2 N–H and O–H groups in total. The highest BCUT2D eigenvalue weighted by Crippen LogP contribution is 2.28. The highest BCUT2D eigenvalue weighted by molar-refractivity contribution is 6.05. The summed E-state index contributed by atoms with van der Waals surface area (Å²) in [5.74, 6) is 0.800. The van der Waals surface area contributed by atoms with Crippen LogP contribution in [0.2, 0.25) is 0 Å². The largest absolute Gasteiger partial charge is 0.495 e. The van der Waals surface area contributed by atoms with Crippen LogP contribution < -0.4 is 20.1 Å². The zero-order valence-electron chi connectivity index (χ0n) is 15.3. The van der Waals surface area contributed by atoms with Crippen LogP contribution in [0.15, 0.2) is 42.5 Å². The Bertz CT molecular complexity index is 757. The van der Waals surface area contributed by atoms with Gasteiger partial charge in [0.05, 0.1) is 19.4 Å². The van der Waals surface area contributed by atoms with E-state index in [0.717, 1.165) is 18.6 Å². The van der Waals surface area contributed by atoms with Gasteiger partial charge in [0.15, 0.2) is 0 Å². The Morgan fingerprint density at radius 1 is 1.04 bits per heavy atom. The lowest BCUT2D eigenvalue weighted by Gasteiger charge is -2.12. The van der Waals surface area contributed by atoms with Crippen molar-refractivity contribution in [2.75, 3.05) is 24.4 Å². The van der Waals surface area contributed by atoms with Crippen molar-refractivity contribution in [3.63, 3.8) is 0 Å². The fraction of sp³-hybridized carbons (Fsp3) is 0.300. The molecule has 0 bridgehead atoms. The molecule has 6 nitrogen and oxygen atoms in total. The van der Waals surface area contributed by atoms with Gasteiger partial charge in [0.1, 0.15) is 11.5 Å². The SMILES string of the molecule is CCCCOc1ccc(C(=O)Nc2ccc(OC)c(NC(C)=O)c2)cc1. The van der Waals surface area contributed by atoms with E-state index in [4.69, 9.17) is 9.47 Å². The minimum absolute atomic E-state index is 0.217. The third-order valence-electron chi connectivity index (χ3n) is 3.65. The van der Waals surface area contributed by atoms with Crippen molar-refractivity contribution in [2.45, 2.75) is 26.7 Å². The number of amides is 2. The number of anilines is 2. The van der Waals surface area contributed by atoms with Crippen LogP contribution in [0.4, 0.5) is 11.4 Å². The summed E-state index contributed by atoms with van der Waals surface area (Å²) in [7, 11) is 1.52. The normalized spacial score (nSPS) is 10.1. The van der Waals surface area contributed by atoms with Gasteiger partial charge in [-0.2, -0.15) is 0 Å². The van der Waals surface area contributed by atoms with Gasteiger partial charge in [0.2, 0.25) is 5.91 Å². The Kier molecular flexibility index (Phi) is 7.02. The molecule has 0 aliphatic rings. The summed E-state index contributed by atoms with van der Waals surface area (Å²) < 4.78 is 10.8. The van der Waals surface area contributed by atoms with Crippen molar-refractivity contribution < 1.29 is 19.1 Å². The quantitative estimate of drug-likeness (QED) is 0.699. The van der Waals surface area contributed by atoms with Crippen LogP contribution in [0.3, 0.4) is 0 Å². The Labute approximate surface area is 153 Å². The number of methoxy groups -OCH3 is 1. The van der Waals surface area contributed by atoms with Gasteiger partial charge in [-0.3, -0.25) is 9.59 Å². The maximum atomic E-state index is 12.4. The minimum Gasteiger partial charge on any atom is -0.495 e. The monoisotopic (exact) mass is 356 g/mol. The first-order valence-electron chi connectivity index (χ1n) is 8.53. The minimum atomic E-state index is -0.246. The van der Waals surface area contributed by atoms with Crippen LogP contribution in [-0.4, -0.2) is 25.5 Å². The predicted octanol–water partition coefficient (Wildman–Crippen LogP) is 4.08. The van der Waals surface area contributed by atoms with E-state index in [2.05, 4.69) is 17.6 Å². The lowest BCUT2D eigenvalue weighted by molar-refractivity contribution is -0.114. The Hall–Kier alpha value is -3.02.